The van der Waals surface area contributed by atoms with Gasteiger partial charge >= 0.3 is 0 Å². The van der Waals surface area contributed by atoms with Gasteiger partial charge in [0, 0.05) is 19.2 Å². The minimum atomic E-state index is -0.372. The van der Waals surface area contributed by atoms with E-state index >= 15 is 0 Å². The molecule has 4 heteroatoms. The molecule has 0 unspecified atom stereocenters. The monoisotopic (exact) mass is 349 g/mol. The van der Waals surface area contributed by atoms with Crippen molar-refractivity contribution in [1.29, 1.82) is 0 Å². The molecule has 110 valence electrons. The Morgan fingerprint density at radius 1 is 1.19 bits per heavy atom. The van der Waals surface area contributed by atoms with E-state index in [1.165, 1.54) is 23.8 Å². The summed E-state index contributed by atoms with van der Waals surface area (Å²) in [5.41, 5.74) is 3.94. The summed E-state index contributed by atoms with van der Waals surface area (Å²) in [7, 11) is 1.75. The standard InChI is InChI=1S/C17H17BrFNO/c1-11-4-5-14(12(2)8-11)10-20(3)17(21)13-6-7-16(19)15(18)9-13/h4-9H,10H2,1-3H3. The normalized spacial score (nSPS) is 10.5. The van der Waals surface area contributed by atoms with Crippen LogP contribution in [0.25, 0.3) is 0 Å². The second-order valence-corrected chi connectivity index (χ2v) is 6.07. The molecular formula is C17H17BrFNO. The van der Waals surface area contributed by atoms with Gasteiger partial charge in [0.25, 0.3) is 5.91 Å². The lowest BCUT2D eigenvalue weighted by molar-refractivity contribution is 0.0785. The summed E-state index contributed by atoms with van der Waals surface area (Å²) in [6.07, 6.45) is 0. The first-order chi connectivity index (χ1) is 9.88. The third kappa shape index (κ3) is 3.70. The van der Waals surface area contributed by atoms with Gasteiger partial charge in [-0.2, -0.15) is 0 Å². The van der Waals surface area contributed by atoms with E-state index in [0.29, 0.717) is 16.6 Å². The van der Waals surface area contributed by atoms with E-state index in [9.17, 15) is 9.18 Å². The van der Waals surface area contributed by atoms with Crippen LogP contribution in [0.4, 0.5) is 4.39 Å². The van der Waals surface area contributed by atoms with Gasteiger partial charge in [-0.1, -0.05) is 23.8 Å². The largest absolute Gasteiger partial charge is 0.337 e. The molecular weight excluding hydrogens is 333 g/mol. The fourth-order valence-corrected chi connectivity index (χ4v) is 2.58. The Labute approximate surface area is 132 Å². The van der Waals surface area contributed by atoms with Crippen molar-refractivity contribution in [2.45, 2.75) is 20.4 Å². The number of carbonyl (C=O) groups is 1. The molecule has 0 heterocycles. The Kier molecular flexibility index (Phi) is 4.78. The SMILES string of the molecule is Cc1ccc(CN(C)C(=O)c2ccc(F)c(Br)c2)c(C)c1. The van der Waals surface area contributed by atoms with E-state index < -0.39 is 0 Å². The van der Waals surface area contributed by atoms with E-state index in [1.807, 2.05) is 26.0 Å². The topological polar surface area (TPSA) is 20.3 Å². The average Bonchev–Trinajstić information content (AvgIpc) is 2.44. The van der Waals surface area contributed by atoms with Gasteiger partial charge in [0.15, 0.2) is 0 Å². The zero-order chi connectivity index (χ0) is 15.6. The van der Waals surface area contributed by atoms with Crippen molar-refractivity contribution in [2.24, 2.45) is 0 Å². The van der Waals surface area contributed by atoms with Gasteiger partial charge in [-0.3, -0.25) is 4.79 Å². The van der Waals surface area contributed by atoms with Crippen LogP contribution in [0.3, 0.4) is 0 Å². The van der Waals surface area contributed by atoms with E-state index in [-0.39, 0.29) is 11.7 Å². The van der Waals surface area contributed by atoms with Gasteiger partial charge < -0.3 is 4.90 Å². The van der Waals surface area contributed by atoms with Crippen LogP contribution in [0.5, 0.6) is 0 Å². The van der Waals surface area contributed by atoms with E-state index in [4.69, 9.17) is 0 Å². The molecule has 0 saturated heterocycles. The fraction of sp³-hybridized carbons (Fsp3) is 0.235. The van der Waals surface area contributed by atoms with Crippen LogP contribution in [0.2, 0.25) is 0 Å². The minimum Gasteiger partial charge on any atom is -0.337 e. The first-order valence-electron chi connectivity index (χ1n) is 6.65. The molecule has 0 atom stereocenters. The van der Waals surface area contributed by atoms with Crippen LogP contribution in [-0.2, 0) is 6.54 Å². The molecule has 2 nitrogen and oxygen atoms in total. The maximum absolute atomic E-state index is 13.2. The number of rotatable bonds is 3. The molecule has 1 amide bonds. The quantitative estimate of drug-likeness (QED) is 0.799. The first kappa shape index (κ1) is 15.7. The van der Waals surface area contributed by atoms with Crippen molar-refractivity contribution in [2.75, 3.05) is 7.05 Å². The number of aryl methyl sites for hydroxylation is 2. The van der Waals surface area contributed by atoms with E-state index in [2.05, 4.69) is 22.0 Å². The second kappa shape index (κ2) is 6.39. The lowest BCUT2D eigenvalue weighted by Gasteiger charge is -2.19. The predicted octanol–water partition coefficient (Wildman–Crippen LogP) is 4.48. The number of nitrogens with zero attached hydrogens (tertiary/aromatic N) is 1. The predicted molar refractivity (Wildman–Crippen MR) is 85.8 cm³/mol. The van der Waals surface area contributed by atoms with Crippen LogP contribution < -0.4 is 0 Å². The highest BCUT2D eigenvalue weighted by Crippen LogP contribution is 2.19. The molecule has 0 aromatic heterocycles. The number of benzene rings is 2. The molecule has 2 rings (SSSR count). The van der Waals surface area contributed by atoms with Crippen molar-refractivity contribution >= 4 is 21.8 Å². The van der Waals surface area contributed by atoms with Gasteiger partial charge in [-0.05, 0) is 59.1 Å². The highest BCUT2D eigenvalue weighted by molar-refractivity contribution is 9.10. The highest BCUT2D eigenvalue weighted by atomic mass is 79.9. The highest BCUT2D eigenvalue weighted by Gasteiger charge is 2.14. The molecule has 0 radical (unpaired) electrons. The van der Waals surface area contributed by atoms with Gasteiger partial charge in [-0.25, -0.2) is 4.39 Å². The Balaban J connectivity index is 2.17. The summed E-state index contributed by atoms with van der Waals surface area (Å²) >= 11 is 3.10. The lowest BCUT2D eigenvalue weighted by atomic mass is 10.1. The molecule has 2 aromatic rings. The summed E-state index contributed by atoms with van der Waals surface area (Å²) in [5.74, 6) is -0.501. The van der Waals surface area contributed by atoms with Crippen LogP contribution in [-0.4, -0.2) is 17.9 Å². The first-order valence-corrected chi connectivity index (χ1v) is 7.44. The van der Waals surface area contributed by atoms with Crippen molar-refractivity contribution in [1.82, 2.24) is 4.90 Å². The lowest BCUT2D eigenvalue weighted by Crippen LogP contribution is -2.26. The Bertz CT molecular complexity index is 684. The third-order valence-corrected chi connectivity index (χ3v) is 4.03. The summed E-state index contributed by atoms with van der Waals surface area (Å²) < 4.78 is 13.5. The average molecular weight is 350 g/mol. The maximum atomic E-state index is 13.2. The van der Waals surface area contributed by atoms with Gasteiger partial charge in [0.1, 0.15) is 5.82 Å². The molecule has 2 aromatic carbocycles. The van der Waals surface area contributed by atoms with Crippen molar-refractivity contribution in [3.05, 3.63) is 68.9 Å². The second-order valence-electron chi connectivity index (χ2n) is 5.22. The molecule has 0 spiro atoms. The summed E-state index contributed by atoms with van der Waals surface area (Å²) in [6.45, 7) is 4.61. The summed E-state index contributed by atoms with van der Waals surface area (Å²) in [5, 5.41) is 0. The molecule has 0 N–H and O–H groups in total. The number of hydrogen-bond donors (Lipinski definition) is 0. The molecule has 0 fully saturated rings. The van der Waals surface area contributed by atoms with E-state index in [1.54, 1.807) is 11.9 Å². The summed E-state index contributed by atoms with van der Waals surface area (Å²) in [6, 6.07) is 10.5. The van der Waals surface area contributed by atoms with Crippen molar-refractivity contribution in [3.63, 3.8) is 0 Å². The van der Waals surface area contributed by atoms with Gasteiger partial charge in [0.05, 0.1) is 4.47 Å². The Morgan fingerprint density at radius 2 is 1.90 bits per heavy atom. The van der Waals surface area contributed by atoms with Gasteiger partial charge in [0.2, 0.25) is 0 Å². The smallest absolute Gasteiger partial charge is 0.253 e. The molecule has 0 aliphatic heterocycles. The number of halogens is 2. The minimum absolute atomic E-state index is 0.129. The number of hydrogen-bond acceptors (Lipinski definition) is 1. The van der Waals surface area contributed by atoms with Crippen LogP contribution in [0, 0.1) is 19.7 Å². The number of carbonyl (C=O) groups excluding carboxylic acids is 1. The summed E-state index contributed by atoms with van der Waals surface area (Å²) in [4.78, 5) is 14.0. The van der Waals surface area contributed by atoms with Crippen LogP contribution >= 0.6 is 15.9 Å². The van der Waals surface area contributed by atoms with Crippen LogP contribution in [0.1, 0.15) is 27.0 Å². The Morgan fingerprint density at radius 3 is 2.52 bits per heavy atom. The van der Waals surface area contributed by atoms with E-state index in [0.717, 1.165) is 11.1 Å². The maximum Gasteiger partial charge on any atom is 0.253 e. The zero-order valence-electron chi connectivity index (χ0n) is 12.3. The fourth-order valence-electron chi connectivity index (χ4n) is 2.20. The van der Waals surface area contributed by atoms with Crippen LogP contribution in [0.15, 0.2) is 40.9 Å². The zero-order valence-corrected chi connectivity index (χ0v) is 13.9. The molecule has 0 aliphatic rings. The van der Waals surface area contributed by atoms with Crippen molar-refractivity contribution < 1.29 is 9.18 Å². The molecule has 0 aliphatic carbocycles. The van der Waals surface area contributed by atoms with Crippen molar-refractivity contribution in [3.8, 4) is 0 Å². The molecule has 21 heavy (non-hydrogen) atoms. The molecule has 0 saturated carbocycles. The Hall–Kier alpha value is -1.68. The number of amides is 1. The molecule has 0 bridgehead atoms. The third-order valence-electron chi connectivity index (χ3n) is 3.42. The van der Waals surface area contributed by atoms with Gasteiger partial charge in [-0.15, -0.1) is 0 Å².